The van der Waals surface area contributed by atoms with Gasteiger partial charge in [0.2, 0.25) is 12.2 Å². The van der Waals surface area contributed by atoms with Crippen LogP contribution in [-0.2, 0) is 15.8 Å². The Morgan fingerprint density at radius 3 is 1.31 bits per heavy atom. The first-order valence-electron chi connectivity index (χ1n) is 23.0. The number of alkyl halides is 3. The molecule has 8 rings (SSSR count). The van der Waals surface area contributed by atoms with Gasteiger partial charge in [-0.1, -0.05) is 17.7 Å². The lowest BCUT2D eigenvalue weighted by atomic mass is 10.1. The molecule has 2 N–H and O–H groups in total. The average Bonchev–Trinajstić information content (AvgIpc) is 3.30. The molecule has 67 heavy (non-hydrogen) atoms. The number of fused-ring (bicyclic) bond motifs is 2. The quantitative estimate of drug-likeness (QED) is 0.116. The summed E-state index contributed by atoms with van der Waals surface area (Å²) in [5.41, 5.74) is 4.30. The lowest BCUT2D eigenvalue weighted by Crippen LogP contribution is -2.51. The van der Waals surface area contributed by atoms with Gasteiger partial charge in [0.05, 0.1) is 16.6 Å². The lowest BCUT2D eigenvalue weighted by molar-refractivity contribution is -0.137. The molecule has 2 aromatic heterocycles. The van der Waals surface area contributed by atoms with Crippen molar-refractivity contribution in [2.24, 2.45) is 0 Å². The molecule has 0 aliphatic carbocycles. The van der Waals surface area contributed by atoms with E-state index in [1.54, 1.807) is 36.4 Å². The highest BCUT2D eigenvalue weighted by atomic mass is 19.4. The van der Waals surface area contributed by atoms with Crippen molar-refractivity contribution in [1.29, 1.82) is 0 Å². The highest BCUT2D eigenvalue weighted by Crippen LogP contribution is 2.32. The number of hydrogen-bond acceptors (Lipinski definition) is 10. The minimum absolute atomic E-state index is 0.0763. The number of nitrogens with zero attached hydrogens (tertiary/aromatic N) is 6. The summed E-state index contributed by atoms with van der Waals surface area (Å²) in [6, 6.07) is 26.7. The Morgan fingerprint density at radius 2 is 0.940 bits per heavy atom. The second-order valence-corrected chi connectivity index (χ2v) is 18.2. The molecule has 2 saturated heterocycles. The van der Waals surface area contributed by atoms with Gasteiger partial charge in [-0.25, -0.2) is 9.97 Å². The van der Waals surface area contributed by atoms with Gasteiger partial charge in [0, 0.05) is 86.6 Å². The number of halogens is 3. The van der Waals surface area contributed by atoms with E-state index in [2.05, 4.69) is 64.0 Å². The number of piperazine rings is 2. The molecule has 15 heteroatoms. The maximum Gasteiger partial charge on any atom is 0.416 e. The minimum atomic E-state index is -4.60. The molecule has 352 valence electrons. The number of aromatic nitrogens is 2. The van der Waals surface area contributed by atoms with Crippen LogP contribution in [0.5, 0.6) is 11.5 Å². The van der Waals surface area contributed by atoms with E-state index in [4.69, 9.17) is 19.4 Å². The van der Waals surface area contributed by atoms with Gasteiger partial charge in [-0.3, -0.25) is 19.4 Å². The van der Waals surface area contributed by atoms with E-state index in [1.807, 2.05) is 51.1 Å². The second kappa shape index (κ2) is 19.8. The van der Waals surface area contributed by atoms with Crippen molar-refractivity contribution in [2.75, 3.05) is 72.8 Å². The SMILES string of the molecule is Cc1ccc(OC(C(=O)Nc2ccc3nc(N4CCN(C(C)C)CC4)cc(C)c3c2)C(Oc2ccc(C(F)(F)F)cc2)C(=O)Nc2ccc3nc(N4CCN(C(C)C)CC4)cc(C)c3c2)cc1. The summed E-state index contributed by atoms with van der Waals surface area (Å²) in [4.78, 5) is 48.7. The number of carbonyl (C=O) groups is 2. The van der Waals surface area contributed by atoms with Crippen molar-refractivity contribution in [3.05, 3.63) is 119 Å². The monoisotopic (exact) mass is 916 g/mol. The zero-order valence-corrected chi connectivity index (χ0v) is 39.2. The Kier molecular flexibility index (Phi) is 13.9. The number of pyridine rings is 2. The van der Waals surface area contributed by atoms with Crippen molar-refractivity contribution in [2.45, 2.75) is 78.9 Å². The van der Waals surface area contributed by atoms with Gasteiger partial charge in [0.25, 0.3) is 11.8 Å². The summed E-state index contributed by atoms with van der Waals surface area (Å²) in [7, 11) is 0. The van der Waals surface area contributed by atoms with Crippen LogP contribution in [0.15, 0.2) is 97.1 Å². The van der Waals surface area contributed by atoms with Crippen molar-refractivity contribution >= 4 is 56.6 Å². The molecule has 2 amide bonds. The lowest BCUT2D eigenvalue weighted by Gasteiger charge is -2.37. The molecule has 0 bridgehead atoms. The third-order valence-electron chi connectivity index (χ3n) is 12.8. The van der Waals surface area contributed by atoms with Gasteiger partial charge in [-0.2, -0.15) is 13.2 Å². The molecular formula is C52H59F3N8O4. The van der Waals surface area contributed by atoms with Crippen molar-refractivity contribution < 1.29 is 32.2 Å². The van der Waals surface area contributed by atoms with Gasteiger partial charge >= 0.3 is 6.18 Å². The van der Waals surface area contributed by atoms with Crippen molar-refractivity contribution in [1.82, 2.24) is 19.8 Å². The minimum Gasteiger partial charge on any atom is -0.476 e. The molecule has 2 atom stereocenters. The van der Waals surface area contributed by atoms with E-state index in [9.17, 15) is 22.8 Å². The number of benzene rings is 4. The van der Waals surface area contributed by atoms with Gasteiger partial charge in [-0.15, -0.1) is 0 Å². The van der Waals surface area contributed by atoms with Crippen LogP contribution in [0.2, 0.25) is 0 Å². The smallest absolute Gasteiger partial charge is 0.416 e. The van der Waals surface area contributed by atoms with Crippen LogP contribution in [-0.4, -0.2) is 108 Å². The molecule has 6 aromatic rings. The third-order valence-corrected chi connectivity index (χ3v) is 12.8. The molecule has 0 spiro atoms. The number of nitrogens with one attached hydrogen (secondary N) is 2. The molecule has 2 fully saturated rings. The molecule has 4 aromatic carbocycles. The Hall–Kier alpha value is -6.45. The fourth-order valence-electron chi connectivity index (χ4n) is 8.73. The number of amides is 2. The number of aryl methyl sites for hydroxylation is 3. The third kappa shape index (κ3) is 11.1. The molecule has 0 saturated carbocycles. The first kappa shape index (κ1) is 47.1. The number of anilines is 4. The molecule has 2 aliphatic heterocycles. The first-order chi connectivity index (χ1) is 32.0. The Labute approximate surface area is 390 Å². The predicted molar refractivity (Wildman–Crippen MR) is 260 cm³/mol. The van der Waals surface area contributed by atoms with Crippen LogP contribution in [0.3, 0.4) is 0 Å². The maximum atomic E-state index is 14.7. The molecule has 4 heterocycles. The van der Waals surface area contributed by atoms with Crippen LogP contribution in [0.25, 0.3) is 21.8 Å². The fourth-order valence-corrected chi connectivity index (χ4v) is 8.73. The number of carbonyl (C=O) groups excluding carboxylic acids is 2. The summed E-state index contributed by atoms with van der Waals surface area (Å²) < 4.78 is 53.5. The van der Waals surface area contributed by atoms with E-state index < -0.39 is 35.8 Å². The standard InChI is InChI=1S/C52H59F3N8O4/c1-32(2)60-20-24-62(25-21-60)46-28-35(6)42-30-38(12-18-44(42)58-46)56-50(64)48(66-40-14-8-34(5)9-15-40)49(67-41-16-10-37(11-17-41)52(53,54)55)51(65)57-39-13-19-45-43(31-39)36(7)29-47(59-45)63-26-22-61(23-27-63)33(3)4/h8-19,28-33,48-49H,20-27H2,1-7H3,(H,56,64)(H,57,65). The zero-order chi connectivity index (χ0) is 47.6. The summed E-state index contributed by atoms with van der Waals surface area (Å²) in [5, 5.41) is 7.50. The largest absolute Gasteiger partial charge is 0.476 e. The van der Waals surface area contributed by atoms with E-state index in [0.29, 0.717) is 23.5 Å². The van der Waals surface area contributed by atoms with Gasteiger partial charge in [0.1, 0.15) is 23.1 Å². The normalized spacial score (nSPS) is 16.1. The Bertz CT molecular complexity index is 2710. The number of hydrogen-bond donors (Lipinski definition) is 2. The van der Waals surface area contributed by atoms with Crippen LogP contribution in [0, 0.1) is 20.8 Å². The van der Waals surface area contributed by atoms with Crippen molar-refractivity contribution in [3.63, 3.8) is 0 Å². The Balaban J connectivity index is 1.09. The van der Waals surface area contributed by atoms with Crippen LogP contribution in [0.4, 0.5) is 36.2 Å². The second-order valence-electron chi connectivity index (χ2n) is 18.2. The molecule has 12 nitrogen and oxygen atoms in total. The summed E-state index contributed by atoms with van der Waals surface area (Å²) in [6.45, 7) is 22.0. The number of rotatable bonds is 13. The van der Waals surface area contributed by atoms with Gasteiger partial charge in [0.15, 0.2) is 0 Å². The molecular weight excluding hydrogens is 858 g/mol. The molecule has 0 radical (unpaired) electrons. The molecule has 2 aliphatic rings. The first-order valence-corrected chi connectivity index (χ1v) is 23.0. The fraction of sp³-hybridized carbons (Fsp3) is 0.385. The van der Waals surface area contributed by atoms with E-state index in [0.717, 1.165) is 127 Å². The van der Waals surface area contributed by atoms with Crippen molar-refractivity contribution in [3.8, 4) is 11.5 Å². The average molecular weight is 917 g/mol. The van der Waals surface area contributed by atoms with Crippen LogP contribution < -0.4 is 29.9 Å². The van der Waals surface area contributed by atoms with E-state index in [1.165, 1.54) is 0 Å². The molecule has 2 unspecified atom stereocenters. The summed E-state index contributed by atoms with van der Waals surface area (Å²) >= 11 is 0. The summed E-state index contributed by atoms with van der Waals surface area (Å²) in [6.07, 6.45) is -7.95. The maximum absolute atomic E-state index is 14.7. The topological polar surface area (TPSA) is 115 Å². The zero-order valence-electron chi connectivity index (χ0n) is 39.2. The van der Waals surface area contributed by atoms with E-state index >= 15 is 0 Å². The van der Waals surface area contributed by atoms with Crippen LogP contribution >= 0.6 is 0 Å². The van der Waals surface area contributed by atoms with Gasteiger partial charge in [-0.05, 0) is 145 Å². The summed E-state index contributed by atoms with van der Waals surface area (Å²) in [5.74, 6) is 0.482. The highest BCUT2D eigenvalue weighted by Gasteiger charge is 2.39. The number of ether oxygens (including phenoxy) is 2. The van der Waals surface area contributed by atoms with E-state index in [-0.39, 0.29) is 11.5 Å². The predicted octanol–water partition coefficient (Wildman–Crippen LogP) is 9.26. The Morgan fingerprint density at radius 1 is 0.552 bits per heavy atom. The highest BCUT2D eigenvalue weighted by molar-refractivity contribution is 6.04. The van der Waals surface area contributed by atoms with Gasteiger partial charge < -0.3 is 29.9 Å². The van der Waals surface area contributed by atoms with Crippen LogP contribution in [0.1, 0.15) is 49.9 Å².